The molecule has 12 heteroatoms. The van der Waals surface area contributed by atoms with E-state index in [0.717, 1.165) is 24.3 Å². The maximum Gasteiger partial charge on any atom is 0.573 e. The molecule has 0 radical (unpaired) electrons. The van der Waals surface area contributed by atoms with Crippen molar-refractivity contribution in [3.8, 4) is 11.5 Å². The van der Waals surface area contributed by atoms with Crippen molar-refractivity contribution in [1.82, 2.24) is 4.90 Å². The van der Waals surface area contributed by atoms with Crippen LogP contribution in [0.15, 0.2) is 52.6 Å². The van der Waals surface area contributed by atoms with Gasteiger partial charge < -0.3 is 15.6 Å². The number of amides is 4. The van der Waals surface area contributed by atoms with E-state index in [0.29, 0.717) is 10.5 Å². The summed E-state index contributed by atoms with van der Waals surface area (Å²) in [5, 5.41) is 10.7. The lowest BCUT2D eigenvalue weighted by atomic mass is 9.59. The highest BCUT2D eigenvalue weighted by molar-refractivity contribution is 6.24. The van der Waals surface area contributed by atoms with Gasteiger partial charge in [0, 0.05) is 28.2 Å². The van der Waals surface area contributed by atoms with E-state index in [2.05, 4.69) is 4.74 Å². The molecule has 9 nitrogen and oxygen atoms in total. The number of phenols is 1. The fourth-order valence-corrected chi connectivity index (χ4v) is 5.92. The van der Waals surface area contributed by atoms with Crippen LogP contribution in [0, 0.1) is 17.8 Å². The zero-order valence-corrected chi connectivity index (χ0v) is 19.2. The van der Waals surface area contributed by atoms with E-state index in [4.69, 9.17) is 5.73 Å². The Balaban J connectivity index is 1.70. The number of fused-ring (bicyclic) bond motifs is 3. The number of alkyl halides is 3. The van der Waals surface area contributed by atoms with E-state index in [1.807, 2.05) is 0 Å². The Morgan fingerprint density at radius 3 is 2.49 bits per heavy atom. The number of phenolic OH excluding ortho intramolecular Hbond substituents is 1. The highest BCUT2D eigenvalue weighted by Crippen LogP contribution is 2.56. The van der Waals surface area contributed by atoms with Gasteiger partial charge in [0.1, 0.15) is 11.5 Å². The molecule has 4 unspecified atom stereocenters. The number of ketones is 2. The van der Waals surface area contributed by atoms with Crippen molar-refractivity contribution in [3.05, 3.63) is 58.2 Å². The number of likely N-dealkylation sites (tertiary alicyclic amines) is 1. The van der Waals surface area contributed by atoms with Crippen LogP contribution in [-0.2, 0) is 19.2 Å². The average Bonchev–Trinajstić information content (AvgIpc) is 3.06. The van der Waals surface area contributed by atoms with E-state index in [1.54, 1.807) is 6.08 Å². The molecule has 4 amide bonds. The number of urea groups is 1. The first-order valence-electron chi connectivity index (χ1n) is 11.3. The van der Waals surface area contributed by atoms with Crippen LogP contribution >= 0.6 is 0 Å². The van der Waals surface area contributed by atoms with Gasteiger partial charge in [-0.05, 0) is 50.0 Å². The second kappa shape index (κ2) is 8.15. The monoisotopic (exact) mass is 516 g/mol. The third kappa shape index (κ3) is 3.74. The summed E-state index contributed by atoms with van der Waals surface area (Å²) in [4.78, 5) is 64.4. The zero-order chi connectivity index (χ0) is 27.0. The fourth-order valence-electron chi connectivity index (χ4n) is 5.92. The Kier molecular flexibility index (Phi) is 5.39. The van der Waals surface area contributed by atoms with Crippen molar-refractivity contribution in [3.63, 3.8) is 0 Å². The first kappa shape index (κ1) is 24.5. The number of aromatic hydroxyl groups is 1. The average molecular weight is 516 g/mol. The number of benzene rings is 1. The maximum absolute atomic E-state index is 13.2. The van der Waals surface area contributed by atoms with Gasteiger partial charge in [-0.25, -0.2) is 4.79 Å². The van der Waals surface area contributed by atoms with Gasteiger partial charge in [-0.1, -0.05) is 11.6 Å². The molecule has 192 valence electrons. The van der Waals surface area contributed by atoms with Crippen LogP contribution < -0.4 is 10.5 Å². The zero-order valence-electron chi connectivity index (χ0n) is 19.2. The molecule has 37 heavy (non-hydrogen) atoms. The Bertz CT molecular complexity index is 1410. The molecule has 1 aromatic rings. The lowest BCUT2D eigenvalue weighted by molar-refractivity contribution is -0.274. The number of primary amides is 1. The lowest BCUT2D eigenvalue weighted by Gasteiger charge is -2.42. The van der Waals surface area contributed by atoms with Crippen molar-refractivity contribution in [2.45, 2.75) is 32.0 Å². The third-order valence-electron chi connectivity index (χ3n) is 7.33. The minimum Gasteiger partial charge on any atom is -0.508 e. The molecule has 0 bridgehead atoms. The van der Waals surface area contributed by atoms with Gasteiger partial charge in [0.2, 0.25) is 11.8 Å². The van der Waals surface area contributed by atoms with Crippen LogP contribution in [0.5, 0.6) is 11.5 Å². The third-order valence-corrected chi connectivity index (χ3v) is 7.33. The van der Waals surface area contributed by atoms with Crippen molar-refractivity contribution in [2.24, 2.45) is 23.5 Å². The first-order valence-corrected chi connectivity index (χ1v) is 11.3. The number of Topliss-reactive ketones (excluding diaryl/α,β-unsaturated/α-hetero) is 1. The maximum atomic E-state index is 13.2. The van der Waals surface area contributed by atoms with Crippen LogP contribution in [-0.4, -0.2) is 45.8 Å². The second-order valence-electron chi connectivity index (χ2n) is 9.35. The molecule has 1 saturated heterocycles. The lowest BCUT2D eigenvalue weighted by Crippen LogP contribution is -2.42. The Morgan fingerprint density at radius 1 is 1.14 bits per heavy atom. The number of ether oxygens (including phenoxy) is 1. The quantitative estimate of drug-likeness (QED) is 0.349. The van der Waals surface area contributed by atoms with Gasteiger partial charge in [0.15, 0.2) is 11.6 Å². The molecule has 0 saturated carbocycles. The van der Waals surface area contributed by atoms with E-state index in [1.165, 1.54) is 6.92 Å². The van der Waals surface area contributed by atoms with Gasteiger partial charge in [-0.15, -0.1) is 13.2 Å². The Labute approximate surface area is 207 Å². The molecule has 3 aliphatic carbocycles. The minimum absolute atomic E-state index is 0.0134. The fraction of sp³-hybridized carbons (Fsp3) is 0.320. The summed E-state index contributed by atoms with van der Waals surface area (Å²) < 4.78 is 42.7. The van der Waals surface area contributed by atoms with Gasteiger partial charge in [-0.2, -0.15) is 4.90 Å². The molecule has 1 aliphatic heterocycles. The molecule has 1 heterocycles. The number of imide groups is 3. The molecule has 4 atom stereocenters. The number of nitrogens with zero attached hydrogens (tertiary/aromatic N) is 1. The predicted octanol–water partition coefficient (Wildman–Crippen LogP) is 2.80. The number of carbonyl (C=O) groups is 5. The normalized spacial score (nSPS) is 27.4. The van der Waals surface area contributed by atoms with Gasteiger partial charge >= 0.3 is 12.4 Å². The van der Waals surface area contributed by atoms with E-state index in [-0.39, 0.29) is 35.1 Å². The molecule has 4 aliphatic rings. The summed E-state index contributed by atoms with van der Waals surface area (Å²) in [5.74, 6) is -7.87. The van der Waals surface area contributed by atoms with Crippen LogP contribution in [0.2, 0.25) is 0 Å². The standard InChI is InChI=1S/C25H19F3N2O7/c1-9-6-17(32)20-15(21(9)33)8-13-11(3-4-12-19(13)23(35)30(22(12)34)24(29)36)18(20)14-7-10(2-5-16(14)31)37-25(26,27)28/h2-3,5-7,12-13,18-19,31H,4,8H2,1H3,(H2,29,36). The second-order valence-corrected chi connectivity index (χ2v) is 9.35. The van der Waals surface area contributed by atoms with Crippen molar-refractivity contribution < 1.29 is 47.0 Å². The van der Waals surface area contributed by atoms with Gasteiger partial charge in [0.25, 0.3) is 0 Å². The van der Waals surface area contributed by atoms with Crippen LogP contribution in [0.4, 0.5) is 18.0 Å². The number of hydrogen-bond acceptors (Lipinski definition) is 7. The molecule has 5 rings (SSSR count). The van der Waals surface area contributed by atoms with E-state index < -0.39 is 70.9 Å². The van der Waals surface area contributed by atoms with Crippen molar-refractivity contribution in [2.75, 3.05) is 0 Å². The van der Waals surface area contributed by atoms with E-state index in [9.17, 15) is 42.3 Å². The number of hydrogen-bond donors (Lipinski definition) is 2. The van der Waals surface area contributed by atoms with Gasteiger partial charge in [-0.3, -0.25) is 19.2 Å². The topological polar surface area (TPSA) is 144 Å². The molecular formula is C25H19F3N2O7. The number of nitrogens with two attached hydrogens (primary N) is 1. The Hall–Kier alpha value is -4.22. The number of carbonyl (C=O) groups excluding carboxylic acids is 5. The Morgan fingerprint density at radius 2 is 1.84 bits per heavy atom. The number of rotatable bonds is 2. The van der Waals surface area contributed by atoms with Crippen molar-refractivity contribution in [1.29, 1.82) is 0 Å². The predicted molar refractivity (Wildman–Crippen MR) is 118 cm³/mol. The summed E-state index contributed by atoms with van der Waals surface area (Å²) in [6, 6.07) is 1.56. The molecule has 1 fully saturated rings. The van der Waals surface area contributed by atoms with Crippen LogP contribution in [0.25, 0.3) is 0 Å². The largest absolute Gasteiger partial charge is 0.573 e. The highest BCUT2D eigenvalue weighted by atomic mass is 19.4. The smallest absolute Gasteiger partial charge is 0.508 e. The first-order chi connectivity index (χ1) is 17.3. The number of halogens is 3. The van der Waals surface area contributed by atoms with E-state index >= 15 is 0 Å². The molecule has 3 N–H and O–H groups in total. The summed E-state index contributed by atoms with van der Waals surface area (Å²) in [5.41, 5.74) is 5.63. The summed E-state index contributed by atoms with van der Waals surface area (Å²) in [6.07, 6.45) is -2.46. The molecule has 1 aromatic carbocycles. The van der Waals surface area contributed by atoms with Crippen LogP contribution in [0.1, 0.15) is 31.2 Å². The minimum atomic E-state index is -5.03. The van der Waals surface area contributed by atoms with Crippen LogP contribution in [0.3, 0.4) is 0 Å². The van der Waals surface area contributed by atoms with Crippen molar-refractivity contribution >= 4 is 29.4 Å². The van der Waals surface area contributed by atoms with Gasteiger partial charge in [0.05, 0.1) is 11.8 Å². The molecule has 0 aromatic heterocycles. The SMILES string of the molecule is CC1=CC(=O)C2=C(CC3C(=CCC4C(=O)N(C(N)=O)C(=O)C43)C2c2cc(OC(F)(F)F)ccc2O)C1=O. The summed E-state index contributed by atoms with van der Waals surface area (Å²) in [7, 11) is 0. The summed E-state index contributed by atoms with van der Waals surface area (Å²) >= 11 is 0. The summed E-state index contributed by atoms with van der Waals surface area (Å²) in [6.45, 7) is 1.43. The highest BCUT2D eigenvalue weighted by Gasteiger charge is 2.57. The molecule has 0 spiro atoms. The number of allylic oxidation sites excluding steroid dienone is 6. The molecular weight excluding hydrogens is 497 g/mol.